The average molecular weight is 297 g/mol. The van der Waals surface area contributed by atoms with Gasteiger partial charge in [-0.3, -0.25) is 4.79 Å². The monoisotopic (exact) mass is 297 g/mol. The molecule has 1 aromatic rings. The molecule has 0 radical (unpaired) electrons. The van der Waals surface area contributed by atoms with Crippen molar-refractivity contribution in [2.45, 2.75) is 37.8 Å². The largest absolute Gasteiger partial charge is 0.397 e. The Balaban J connectivity index is 1.80. The van der Waals surface area contributed by atoms with Crippen LogP contribution in [0.4, 0.5) is 5.69 Å². The number of sulfone groups is 1. The molecule has 2 aliphatic rings. The number of nitrogens with one attached hydrogen (secondary N) is 1. The molecule has 1 aliphatic carbocycles. The number of hydrogen-bond donors (Lipinski definition) is 2. The molecular weight excluding hydrogens is 278 g/mol. The van der Waals surface area contributed by atoms with Gasteiger partial charge in [0.1, 0.15) is 5.69 Å². The fraction of sp³-hybridized carbons (Fsp3) is 0.615. The maximum atomic E-state index is 12.4. The highest BCUT2D eigenvalue weighted by molar-refractivity contribution is 7.91. The lowest BCUT2D eigenvalue weighted by Gasteiger charge is -2.24. The molecule has 1 saturated carbocycles. The van der Waals surface area contributed by atoms with Gasteiger partial charge in [0.2, 0.25) is 0 Å². The molecule has 1 saturated heterocycles. The Morgan fingerprint density at radius 1 is 1.50 bits per heavy atom. The Kier molecular flexibility index (Phi) is 2.86. The van der Waals surface area contributed by atoms with Crippen LogP contribution in [0.15, 0.2) is 12.3 Å². The van der Waals surface area contributed by atoms with E-state index in [0.717, 1.165) is 12.8 Å². The zero-order valence-electron chi connectivity index (χ0n) is 11.4. The maximum absolute atomic E-state index is 12.4. The minimum Gasteiger partial charge on any atom is -0.397 e. The molecule has 1 atom stereocenters. The Bertz CT molecular complexity index is 660. The first-order valence-corrected chi connectivity index (χ1v) is 8.60. The zero-order chi connectivity index (χ0) is 14.5. The number of carbonyl (C=O) groups excluding carboxylic acids is 1. The second kappa shape index (κ2) is 4.25. The summed E-state index contributed by atoms with van der Waals surface area (Å²) in [4.78, 5) is 12.4. The molecule has 3 N–H and O–H groups in total. The van der Waals surface area contributed by atoms with Crippen LogP contribution in [0.2, 0.25) is 0 Å². The van der Waals surface area contributed by atoms with E-state index in [1.54, 1.807) is 19.2 Å². The topological polar surface area (TPSA) is 94.2 Å². The summed E-state index contributed by atoms with van der Waals surface area (Å²) < 4.78 is 25.1. The molecule has 0 bridgehead atoms. The minimum absolute atomic E-state index is 0.00532. The number of nitrogen functional groups attached to an aromatic ring is 1. The van der Waals surface area contributed by atoms with E-state index in [1.165, 1.54) is 0 Å². The molecule has 3 rings (SSSR count). The highest BCUT2D eigenvalue weighted by atomic mass is 32.2. The van der Waals surface area contributed by atoms with Gasteiger partial charge in [-0.2, -0.15) is 0 Å². The summed E-state index contributed by atoms with van der Waals surface area (Å²) in [7, 11) is -3.04. The average Bonchev–Trinajstić information content (AvgIpc) is 3.03. The SMILES string of the molecule is CC1(NC(=O)c2cc(N)cn2C2CC2)CCS(=O)(=O)C1. The van der Waals surface area contributed by atoms with E-state index in [2.05, 4.69) is 5.32 Å². The number of hydrogen-bond acceptors (Lipinski definition) is 4. The highest BCUT2D eigenvalue weighted by Crippen LogP contribution is 2.37. The third-order valence-corrected chi connectivity index (χ3v) is 5.86. The second-order valence-electron chi connectivity index (χ2n) is 6.15. The maximum Gasteiger partial charge on any atom is 0.268 e. The van der Waals surface area contributed by atoms with E-state index in [1.807, 2.05) is 4.57 Å². The number of aromatic nitrogens is 1. The summed E-state index contributed by atoms with van der Waals surface area (Å²) in [5.74, 6) is -0.103. The third kappa shape index (κ3) is 2.54. The van der Waals surface area contributed by atoms with Gasteiger partial charge < -0.3 is 15.6 Å². The lowest BCUT2D eigenvalue weighted by atomic mass is 10.0. The van der Waals surface area contributed by atoms with Gasteiger partial charge in [0.05, 0.1) is 22.7 Å². The van der Waals surface area contributed by atoms with Crippen LogP contribution in [-0.4, -0.2) is 35.9 Å². The summed E-state index contributed by atoms with van der Waals surface area (Å²) >= 11 is 0. The van der Waals surface area contributed by atoms with Crippen LogP contribution >= 0.6 is 0 Å². The molecule has 2 fully saturated rings. The second-order valence-corrected chi connectivity index (χ2v) is 8.34. The van der Waals surface area contributed by atoms with Crippen LogP contribution in [0.3, 0.4) is 0 Å². The molecule has 1 unspecified atom stereocenters. The number of nitrogens with zero attached hydrogens (tertiary/aromatic N) is 1. The molecule has 2 heterocycles. The smallest absolute Gasteiger partial charge is 0.268 e. The molecule has 1 aliphatic heterocycles. The Morgan fingerprint density at radius 3 is 2.75 bits per heavy atom. The first kappa shape index (κ1) is 13.5. The molecule has 6 nitrogen and oxygen atoms in total. The molecule has 0 aromatic carbocycles. The molecule has 110 valence electrons. The lowest BCUT2D eigenvalue weighted by Crippen LogP contribution is -2.47. The summed E-state index contributed by atoms with van der Waals surface area (Å²) in [5.41, 5.74) is 6.18. The predicted octanol–water partition coefficient (Wildman–Crippen LogP) is 0.712. The molecule has 20 heavy (non-hydrogen) atoms. The van der Waals surface area contributed by atoms with Crippen LogP contribution in [0, 0.1) is 0 Å². The van der Waals surface area contributed by atoms with Crippen LogP contribution in [0.5, 0.6) is 0 Å². The van der Waals surface area contributed by atoms with Crippen LogP contribution in [0.1, 0.15) is 42.7 Å². The van der Waals surface area contributed by atoms with E-state index in [9.17, 15) is 13.2 Å². The molecule has 1 aromatic heterocycles. The van der Waals surface area contributed by atoms with Crippen molar-refractivity contribution in [1.29, 1.82) is 0 Å². The van der Waals surface area contributed by atoms with E-state index in [4.69, 9.17) is 5.73 Å². The number of nitrogens with two attached hydrogens (primary N) is 1. The van der Waals surface area contributed by atoms with Gasteiger partial charge in [0, 0.05) is 12.2 Å². The van der Waals surface area contributed by atoms with Crippen LogP contribution in [0.25, 0.3) is 0 Å². The summed E-state index contributed by atoms with van der Waals surface area (Å²) in [6.07, 6.45) is 4.35. The Morgan fingerprint density at radius 2 is 2.20 bits per heavy atom. The molecular formula is C13H19N3O3S. The van der Waals surface area contributed by atoms with Gasteiger partial charge in [-0.05, 0) is 32.3 Å². The predicted molar refractivity (Wildman–Crippen MR) is 76.3 cm³/mol. The van der Waals surface area contributed by atoms with Gasteiger partial charge in [0.15, 0.2) is 9.84 Å². The van der Waals surface area contributed by atoms with E-state index in [-0.39, 0.29) is 17.4 Å². The van der Waals surface area contributed by atoms with Gasteiger partial charge in [-0.15, -0.1) is 0 Å². The number of amides is 1. The van der Waals surface area contributed by atoms with Crippen molar-refractivity contribution in [2.75, 3.05) is 17.2 Å². The standard InChI is InChI=1S/C13H19N3O3S/c1-13(4-5-20(18,19)8-13)15-12(17)11-6-9(14)7-16(11)10-2-3-10/h6-7,10H,2-5,8,14H2,1H3,(H,15,17). The van der Waals surface area contributed by atoms with Crippen molar-refractivity contribution >= 4 is 21.4 Å². The summed E-state index contributed by atoms with van der Waals surface area (Å²) in [6, 6.07) is 2.01. The van der Waals surface area contributed by atoms with Gasteiger partial charge >= 0.3 is 0 Å². The summed E-state index contributed by atoms with van der Waals surface area (Å²) in [6.45, 7) is 1.78. The fourth-order valence-electron chi connectivity index (χ4n) is 2.78. The van der Waals surface area contributed by atoms with E-state index >= 15 is 0 Å². The third-order valence-electron chi connectivity index (χ3n) is 3.96. The van der Waals surface area contributed by atoms with E-state index < -0.39 is 15.4 Å². The van der Waals surface area contributed by atoms with Crippen molar-refractivity contribution in [1.82, 2.24) is 9.88 Å². The molecule has 0 spiro atoms. The quantitative estimate of drug-likeness (QED) is 0.859. The van der Waals surface area contributed by atoms with Crippen molar-refractivity contribution in [3.05, 3.63) is 18.0 Å². The number of rotatable bonds is 3. The van der Waals surface area contributed by atoms with Gasteiger partial charge in [-0.1, -0.05) is 0 Å². The highest BCUT2D eigenvalue weighted by Gasteiger charge is 2.40. The molecule has 7 heteroatoms. The first-order chi connectivity index (χ1) is 9.28. The van der Waals surface area contributed by atoms with Gasteiger partial charge in [0.25, 0.3) is 5.91 Å². The lowest BCUT2D eigenvalue weighted by molar-refractivity contribution is 0.0905. The van der Waals surface area contributed by atoms with Crippen molar-refractivity contribution in [2.24, 2.45) is 0 Å². The minimum atomic E-state index is -3.04. The number of carbonyl (C=O) groups is 1. The Hall–Kier alpha value is -1.50. The molecule has 1 amide bonds. The van der Waals surface area contributed by atoms with Crippen molar-refractivity contribution in [3.8, 4) is 0 Å². The normalized spacial score (nSPS) is 28.4. The van der Waals surface area contributed by atoms with Crippen LogP contribution < -0.4 is 11.1 Å². The number of anilines is 1. The van der Waals surface area contributed by atoms with Crippen LogP contribution in [-0.2, 0) is 9.84 Å². The first-order valence-electron chi connectivity index (χ1n) is 6.78. The fourth-order valence-corrected chi connectivity index (χ4v) is 4.88. The zero-order valence-corrected chi connectivity index (χ0v) is 12.2. The van der Waals surface area contributed by atoms with Gasteiger partial charge in [-0.25, -0.2) is 8.42 Å². The van der Waals surface area contributed by atoms with Crippen molar-refractivity contribution < 1.29 is 13.2 Å². The van der Waals surface area contributed by atoms with E-state index in [0.29, 0.717) is 23.8 Å². The summed E-state index contributed by atoms with van der Waals surface area (Å²) in [5, 5.41) is 2.87. The Labute approximate surface area is 118 Å². The van der Waals surface area contributed by atoms with Crippen molar-refractivity contribution in [3.63, 3.8) is 0 Å².